The van der Waals surface area contributed by atoms with Crippen molar-refractivity contribution in [1.82, 2.24) is 4.90 Å². The standard InChI is InChI=1S/C34H35NO5S/c1-6-26-28-10-8-9-27(31(28)39-30(26)7-2)23-13-11-21(12-14-23)22-15-17-24(18-16-22)41-25-19-29(32(36)37)35(20-25)33(38)40-34(3,4)5/h6-18,25,29H,19-20H2,1-5H3,(H,36,37)/b26-6-,30-7+. The van der Waals surface area contributed by atoms with E-state index in [1.54, 1.807) is 32.5 Å². The molecule has 3 aromatic carbocycles. The van der Waals surface area contributed by atoms with Crippen LogP contribution in [0.15, 0.2) is 76.0 Å². The Bertz CT molecular complexity index is 1700. The van der Waals surface area contributed by atoms with E-state index >= 15 is 0 Å². The van der Waals surface area contributed by atoms with Gasteiger partial charge >= 0.3 is 12.1 Å². The molecule has 0 spiro atoms. The van der Waals surface area contributed by atoms with E-state index < -0.39 is 23.7 Å². The second-order valence-electron chi connectivity index (χ2n) is 11.2. The summed E-state index contributed by atoms with van der Waals surface area (Å²) in [4.78, 5) is 26.8. The van der Waals surface area contributed by atoms with Crippen molar-refractivity contribution >= 4 is 46.9 Å². The van der Waals surface area contributed by atoms with Gasteiger partial charge in [0.15, 0.2) is 0 Å². The molecule has 4 aromatic rings. The molecule has 2 heterocycles. The lowest BCUT2D eigenvalue weighted by atomic mass is 9.99. The maximum Gasteiger partial charge on any atom is 0.411 e. The number of carbonyl (C=O) groups excluding carboxylic acids is 1. The molecule has 5 rings (SSSR count). The van der Waals surface area contributed by atoms with Gasteiger partial charge in [0.25, 0.3) is 0 Å². The summed E-state index contributed by atoms with van der Waals surface area (Å²) in [6.07, 6.45) is 3.88. The number of ether oxygens (including phenoxy) is 1. The Morgan fingerprint density at radius 1 is 0.951 bits per heavy atom. The summed E-state index contributed by atoms with van der Waals surface area (Å²) in [5.74, 6) is -1.01. The molecular formula is C34H35NO5S. The number of thioether (sulfide) groups is 1. The van der Waals surface area contributed by atoms with Crippen LogP contribution < -0.4 is 10.6 Å². The fourth-order valence-corrected chi connectivity index (χ4v) is 6.49. The van der Waals surface area contributed by atoms with Crippen LogP contribution in [0.3, 0.4) is 0 Å². The Balaban J connectivity index is 1.30. The minimum Gasteiger partial charge on any atom is -0.480 e. The fourth-order valence-electron chi connectivity index (χ4n) is 5.30. The first-order valence-electron chi connectivity index (χ1n) is 13.8. The van der Waals surface area contributed by atoms with E-state index in [9.17, 15) is 14.7 Å². The lowest BCUT2D eigenvalue weighted by Gasteiger charge is -2.26. The predicted octanol–water partition coefficient (Wildman–Crippen LogP) is 6.92. The van der Waals surface area contributed by atoms with Gasteiger partial charge in [-0.15, -0.1) is 11.8 Å². The zero-order valence-corrected chi connectivity index (χ0v) is 24.8. The van der Waals surface area contributed by atoms with Crippen LogP contribution in [0, 0.1) is 0 Å². The predicted molar refractivity (Wildman–Crippen MR) is 165 cm³/mol. The SMILES string of the molecule is C/C=c1\c(=C/C)oc2c(-c3ccc(-c4ccc(SC5CC(C(=O)O)N(C(=O)OC(C)(C)C)C5)cc4)cc3)cccc12. The lowest BCUT2D eigenvalue weighted by Crippen LogP contribution is -2.43. The van der Waals surface area contributed by atoms with Crippen LogP contribution >= 0.6 is 11.8 Å². The van der Waals surface area contributed by atoms with Gasteiger partial charge in [-0.25, -0.2) is 9.59 Å². The Labute approximate surface area is 244 Å². The van der Waals surface area contributed by atoms with Crippen molar-refractivity contribution in [1.29, 1.82) is 0 Å². The number of carboxylic acids is 1. The number of hydrogen-bond acceptors (Lipinski definition) is 5. The number of hydrogen-bond donors (Lipinski definition) is 1. The second kappa shape index (κ2) is 11.5. The monoisotopic (exact) mass is 569 g/mol. The van der Waals surface area contributed by atoms with Gasteiger partial charge in [-0.3, -0.25) is 4.90 Å². The van der Waals surface area contributed by atoms with Crippen LogP contribution in [0.4, 0.5) is 4.79 Å². The first kappa shape index (κ1) is 28.6. The first-order chi connectivity index (χ1) is 19.6. The Morgan fingerprint density at radius 2 is 1.59 bits per heavy atom. The molecule has 6 nitrogen and oxygen atoms in total. The average Bonchev–Trinajstić information content (AvgIpc) is 3.54. The van der Waals surface area contributed by atoms with Crippen molar-refractivity contribution < 1.29 is 23.8 Å². The van der Waals surface area contributed by atoms with Gasteiger partial charge in [-0.05, 0) is 75.9 Å². The minimum atomic E-state index is -1.01. The zero-order valence-electron chi connectivity index (χ0n) is 24.0. The summed E-state index contributed by atoms with van der Waals surface area (Å²) in [5, 5.41) is 11.9. The summed E-state index contributed by atoms with van der Waals surface area (Å²) in [5.41, 5.74) is 5.45. The van der Waals surface area contributed by atoms with Crippen molar-refractivity contribution in [3.05, 3.63) is 77.4 Å². The number of carbonyl (C=O) groups is 2. The summed E-state index contributed by atoms with van der Waals surface area (Å²) in [6.45, 7) is 9.68. The van der Waals surface area contributed by atoms with Crippen LogP contribution in [0.5, 0.6) is 0 Å². The summed E-state index contributed by atoms with van der Waals surface area (Å²) >= 11 is 1.59. The smallest absolute Gasteiger partial charge is 0.411 e. The normalized spacial score (nSPS) is 18.3. The molecule has 1 amide bonds. The molecule has 212 valence electrons. The number of para-hydroxylation sites is 1. The third-order valence-corrected chi connectivity index (χ3v) is 8.41. The van der Waals surface area contributed by atoms with Gasteiger partial charge < -0.3 is 14.3 Å². The van der Waals surface area contributed by atoms with Crippen molar-refractivity contribution in [3.8, 4) is 22.3 Å². The second-order valence-corrected chi connectivity index (χ2v) is 12.6. The molecule has 0 bridgehead atoms. The molecular weight excluding hydrogens is 534 g/mol. The van der Waals surface area contributed by atoms with Gasteiger partial charge in [0.1, 0.15) is 22.6 Å². The number of rotatable bonds is 5. The molecule has 1 N–H and O–H groups in total. The largest absolute Gasteiger partial charge is 0.480 e. The fraction of sp³-hybridized carbons (Fsp3) is 0.294. The Kier molecular flexibility index (Phi) is 8.00. The molecule has 7 heteroatoms. The van der Waals surface area contributed by atoms with Gasteiger partial charge in [-0.1, -0.05) is 60.7 Å². The van der Waals surface area contributed by atoms with E-state index in [1.165, 1.54) is 4.90 Å². The van der Waals surface area contributed by atoms with Crippen LogP contribution in [-0.4, -0.2) is 45.5 Å². The van der Waals surface area contributed by atoms with Crippen molar-refractivity contribution in [2.75, 3.05) is 6.54 Å². The number of carboxylic acid groups (broad SMARTS) is 1. The number of furan rings is 1. The van der Waals surface area contributed by atoms with Gasteiger partial charge in [0.2, 0.25) is 0 Å². The van der Waals surface area contributed by atoms with Crippen LogP contribution in [0.2, 0.25) is 0 Å². The Hall–Kier alpha value is -3.97. The molecule has 0 aliphatic carbocycles. The number of nitrogens with zero attached hydrogens (tertiary/aromatic N) is 1. The van der Waals surface area contributed by atoms with Crippen molar-refractivity contribution in [2.45, 2.75) is 62.8 Å². The first-order valence-corrected chi connectivity index (χ1v) is 14.7. The van der Waals surface area contributed by atoms with E-state index in [4.69, 9.17) is 9.15 Å². The van der Waals surface area contributed by atoms with E-state index in [-0.39, 0.29) is 5.25 Å². The zero-order chi connectivity index (χ0) is 29.3. The number of fused-ring (bicyclic) bond motifs is 1. The quantitative estimate of drug-likeness (QED) is 0.281. The highest BCUT2D eigenvalue weighted by atomic mass is 32.2. The number of likely N-dealkylation sites (tertiary alicyclic amines) is 1. The third kappa shape index (κ3) is 6.05. The number of benzene rings is 3. The summed E-state index contributed by atoms with van der Waals surface area (Å²) < 4.78 is 11.7. The van der Waals surface area contributed by atoms with Crippen molar-refractivity contribution in [3.63, 3.8) is 0 Å². The molecule has 1 aromatic heterocycles. The highest BCUT2D eigenvalue weighted by Crippen LogP contribution is 2.35. The highest BCUT2D eigenvalue weighted by molar-refractivity contribution is 8.00. The summed E-state index contributed by atoms with van der Waals surface area (Å²) in [6, 6.07) is 22.1. The summed E-state index contributed by atoms with van der Waals surface area (Å²) in [7, 11) is 0. The molecule has 1 aliphatic rings. The van der Waals surface area contributed by atoms with Crippen LogP contribution in [0.1, 0.15) is 41.0 Å². The van der Waals surface area contributed by atoms with Crippen molar-refractivity contribution in [2.24, 2.45) is 0 Å². The topological polar surface area (TPSA) is 80.0 Å². The van der Waals surface area contributed by atoms with E-state index in [0.717, 1.165) is 48.8 Å². The molecule has 0 radical (unpaired) electrons. The average molecular weight is 570 g/mol. The van der Waals surface area contributed by atoms with E-state index in [1.807, 2.05) is 19.9 Å². The van der Waals surface area contributed by atoms with Crippen LogP contribution in [0.25, 0.3) is 45.4 Å². The highest BCUT2D eigenvalue weighted by Gasteiger charge is 2.41. The van der Waals surface area contributed by atoms with Gasteiger partial charge in [0.05, 0.1) is 0 Å². The third-order valence-electron chi connectivity index (χ3n) is 7.20. The number of aliphatic carboxylic acids is 1. The molecule has 1 fully saturated rings. The Morgan fingerprint density at radius 3 is 2.17 bits per heavy atom. The van der Waals surface area contributed by atoms with Gasteiger partial charge in [-0.2, -0.15) is 0 Å². The lowest BCUT2D eigenvalue weighted by molar-refractivity contribution is -0.142. The molecule has 1 saturated heterocycles. The molecule has 41 heavy (non-hydrogen) atoms. The molecule has 1 aliphatic heterocycles. The van der Waals surface area contributed by atoms with Gasteiger partial charge in [0, 0.05) is 32.9 Å². The maximum atomic E-state index is 12.6. The molecule has 2 atom stereocenters. The van der Waals surface area contributed by atoms with E-state index in [2.05, 4.69) is 72.8 Å². The minimum absolute atomic E-state index is 0.0327. The van der Waals surface area contributed by atoms with E-state index in [0.29, 0.717) is 13.0 Å². The number of amides is 1. The van der Waals surface area contributed by atoms with Crippen LogP contribution in [-0.2, 0) is 9.53 Å². The molecule has 2 unspecified atom stereocenters. The molecule has 0 saturated carbocycles. The maximum absolute atomic E-state index is 12.6.